The normalized spacial score (nSPS) is 23.1. The first-order valence-electron chi connectivity index (χ1n) is 8.36. The zero-order valence-corrected chi connectivity index (χ0v) is 14.1. The average molecular weight is 285 g/mol. The first kappa shape index (κ1) is 17.9. The van der Waals surface area contributed by atoms with Crippen molar-refractivity contribution in [3.63, 3.8) is 0 Å². The summed E-state index contributed by atoms with van der Waals surface area (Å²) in [5.74, 6) is 0. The first-order valence-corrected chi connectivity index (χ1v) is 8.36. The van der Waals surface area contributed by atoms with Gasteiger partial charge in [-0.05, 0) is 52.6 Å². The van der Waals surface area contributed by atoms with Crippen molar-refractivity contribution in [2.45, 2.75) is 33.6 Å². The predicted molar refractivity (Wildman–Crippen MR) is 86.3 cm³/mol. The van der Waals surface area contributed by atoms with Crippen molar-refractivity contribution in [3.8, 4) is 0 Å². The molecule has 1 atom stereocenters. The molecule has 20 heavy (non-hydrogen) atoms. The second-order valence-electron chi connectivity index (χ2n) is 6.08. The van der Waals surface area contributed by atoms with Crippen LogP contribution in [-0.2, 0) is 4.74 Å². The van der Waals surface area contributed by atoms with E-state index >= 15 is 0 Å². The molecule has 0 amide bonds. The largest absolute Gasteiger partial charge is 0.381 e. The molecule has 1 fully saturated rings. The van der Waals surface area contributed by atoms with E-state index in [1.165, 1.54) is 45.6 Å². The molecule has 1 aliphatic rings. The lowest BCUT2D eigenvalue weighted by Crippen LogP contribution is -2.44. The molecule has 1 unspecified atom stereocenters. The molecule has 0 bridgehead atoms. The fourth-order valence-corrected chi connectivity index (χ4v) is 3.23. The van der Waals surface area contributed by atoms with Crippen molar-refractivity contribution in [1.29, 1.82) is 0 Å². The minimum atomic E-state index is 0.333. The molecule has 1 N–H and O–H groups in total. The second kappa shape index (κ2) is 9.72. The fraction of sp³-hybridized carbons (Fsp3) is 1.00. The van der Waals surface area contributed by atoms with Gasteiger partial charge in [-0.15, -0.1) is 0 Å². The molecule has 1 saturated heterocycles. The summed E-state index contributed by atoms with van der Waals surface area (Å²) in [5, 5.41) is 3.36. The van der Waals surface area contributed by atoms with Gasteiger partial charge in [-0.3, -0.25) is 0 Å². The maximum atomic E-state index is 5.66. The van der Waals surface area contributed by atoms with E-state index in [0.29, 0.717) is 5.41 Å². The SMILES string of the molecule is CCN(CC)CCCN(CC)CC1(CNC)CCOC1. The number of hydrogen-bond donors (Lipinski definition) is 1. The van der Waals surface area contributed by atoms with Gasteiger partial charge in [0, 0.05) is 25.1 Å². The van der Waals surface area contributed by atoms with Crippen LogP contribution in [0.3, 0.4) is 0 Å². The number of nitrogens with zero attached hydrogens (tertiary/aromatic N) is 2. The first-order chi connectivity index (χ1) is 9.69. The Morgan fingerprint density at radius 1 is 1.05 bits per heavy atom. The van der Waals surface area contributed by atoms with Gasteiger partial charge in [0.05, 0.1) is 6.61 Å². The smallest absolute Gasteiger partial charge is 0.0547 e. The Labute approximate surface area is 125 Å². The van der Waals surface area contributed by atoms with E-state index in [0.717, 1.165) is 26.3 Å². The summed E-state index contributed by atoms with van der Waals surface area (Å²) in [6.07, 6.45) is 2.46. The average Bonchev–Trinajstić information content (AvgIpc) is 2.91. The summed E-state index contributed by atoms with van der Waals surface area (Å²) < 4.78 is 5.66. The van der Waals surface area contributed by atoms with Crippen LogP contribution in [0.25, 0.3) is 0 Å². The Kier molecular flexibility index (Phi) is 8.69. The monoisotopic (exact) mass is 285 g/mol. The summed E-state index contributed by atoms with van der Waals surface area (Å²) >= 11 is 0. The Hall–Kier alpha value is -0.160. The molecular formula is C16H35N3O. The highest BCUT2D eigenvalue weighted by Gasteiger charge is 2.35. The van der Waals surface area contributed by atoms with Crippen LogP contribution in [0.15, 0.2) is 0 Å². The van der Waals surface area contributed by atoms with Gasteiger partial charge in [0.1, 0.15) is 0 Å². The van der Waals surface area contributed by atoms with E-state index < -0.39 is 0 Å². The minimum Gasteiger partial charge on any atom is -0.381 e. The molecule has 1 aliphatic heterocycles. The van der Waals surface area contributed by atoms with Crippen LogP contribution in [-0.4, -0.2) is 75.9 Å². The van der Waals surface area contributed by atoms with Gasteiger partial charge >= 0.3 is 0 Å². The van der Waals surface area contributed by atoms with Crippen LogP contribution in [0.1, 0.15) is 33.6 Å². The van der Waals surface area contributed by atoms with E-state index in [2.05, 4.69) is 42.9 Å². The molecule has 0 aromatic rings. The summed E-state index contributed by atoms with van der Waals surface area (Å²) in [4.78, 5) is 5.12. The zero-order valence-electron chi connectivity index (χ0n) is 14.1. The van der Waals surface area contributed by atoms with Crippen LogP contribution in [0.5, 0.6) is 0 Å². The summed E-state index contributed by atoms with van der Waals surface area (Å²) in [6, 6.07) is 0. The molecule has 0 aliphatic carbocycles. The number of nitrogens with one attached hydrogen (secondary N) is 1. The predicted octanol–water partition coefficient (Wildman–Crippen LogP) is 1.67. The van der Waals surface area contributed by atoms with Crippen LogP contribution in [0, 0.1) is 5.41 Å². The van der Waals surface area contributed by atoms with Crippen molar-refractivity contribution >= 4 is 0 Å². The minimum absolute atomic E-state index is 0.333. The quantitative estimate of drug-likeness (QED) is 0.625. The third kappa shape index (κ3) is 5.68. The van der Waals surface area contributed by atoms with E-state index in [1.807, 2.05) is 0 Å². The third-order valence-electron chi connectivity index (χ3n) is 4.59. The van der Waals surface area contributed by atoms with Gasteiger partial charge in [-0.2, -0.15) is 0 Å². The summed E-state index contributed by atoms with van der Waals surface area (Å²) in [6.45, 7) is 16.8. The van der Waals surface area contributed by atoms with E-state index in [9.17, 15) is 0 Å². The van der Waals surface area contributed by atoms with Crippen molar-refractivity contribution in [1.82, 2.24) is 15.1 Å². The molecule has 0 saturated carbocycles. The van der Waals surface area contributed by atoms with Crippen molar-refractivity contribution in [2.24, 2.45) is 5.41 Å². The Morgan fingerprint density at radius 2 is 1.70 bits per heavy atom. The van der Waals surface area contributed by atoms with Gasteiger partial charge in [0.15, 0.2) is 0 Å². The van der Waals surface area contributed by atoms with Crippen LogP contribution in [0.4, 0.5) is 0 Å². The van der Waals surface area contributed by atoms with Crippen molar-refractivity contribution in [2.75, 3.05) is 66.1 Å². The van der Waals surface area contributed by atoms with Crippen LogP contribution in [0.2, 0.25) is 0 Å². The molecule has 0 spiro atoms. The van der Waals surface area contributed by atoms with Crippen LogP contribution < -0.4 is 5.32 Å². The standard InChI is InChI=1S/C16H35N3O/c1-5-18(6-2)10-8-11-19(7-3)14-16(13-17-4)9-12-20-15-16/h17H,5-15H2,1-4H3. The Morgan fingerprint density at radius 3 is 2.20 bits per heavy atom. The summed E-state index contributed by atoms with van der Waals surface area (Å²) in [5.41, 5.74) is 0.333. The van der Waals surface area contributed by atoms with Gasteiger partial charge in [0.2, 0.25) is 0 Å². The molecule has 0 aromatic carbocycles. The lowest BCUT2D eigenvalue weighted by Gasteiger charge is -2.34. The van der Waals surface area contributed by atoms with Gasteiger partial charge in [-0.1, -0.05) is 20.8 Å². The molecule has 0 radical (unpaired) electrons. The van der Waals surface area contributed by atoms with E-state index in [1.54, 1.807) is 0 Å². The van der Waals surface area contributed by atoms with Gasteiger partial charge < -0.3 is 19.9 Å². The molecule has 1 rings (SSSR count). The molecule has 4 heteroatoms. The molecule has 120 valence electrons. The second-order valence-corrected chi connectivity index (χ2v) is 6.08. The van der Waals surface area contributed by atoms with Gasteiger partial charge in [0.25, 0.3) is 0 Å². The third-order valence-corrected chi connectivity index (χ3v) is 4.59. The molecular weight excluding hydrogens is 250 g/mol. The molecule has 4 nitrogen and oxygen atoms in total. The van der Waals surface area contributed by atoms with Crippen molar-refractivity contribution < 1.29 is 4.74 Å². The number of ether oxygens (including phenoxy) is 1. The highest BCUT2D eigenvalue weighted by atomic mass is 16.5. The zero-order chi connectivity index (χ0) is 14.8. The summed E-state index contributed by atoms with van der Waals surface area (Å²) in [7, 11) is 2.05. The topological polar surface area (TPSA) is 27.7 Å². The van der Waals surface area contributed by atoms with Crippen LogP contribution >= 0.6 is 0 Å². The maximum absolute atomic E-state index is 5.66. The Balaban J connectivity index is 2.37. The maximum Gasteiger partial charge on any atom is 0.0547 e. The Bertz CT molecular complexity index is 238. The lowest BCUT2D eigenvalue weighted by atomic mass is 9.86. The highest BCUT2D eigenvalue weighted by molar-refractivity contribution is 4.88. The molecule has 0 aromatic heterocycles. The van der Waals surface area contributed by atoms with Gasteiger partial charge in [-0.25, -0.2) is 0 Å². The number of hydrogen-bond acceptors (Lipinski definition) is 4. The lowest BCUT2D eigenvalue weighted by molar-refractivity contribution is 0.109. The number of rotatable bonds is 11. The van der Waals surface area contributed by atoms with E-state index in [4.69, 9.17) is 4.74 Å². The highest BCUT2D eigenvalue weighted by Crippen LogP contribution is 2.29. The van der Waals surface area contributed by atoms with E-state index in [-0.39, 0.29) is 0 Å². The molecule has 1 heterocycles. The fourth-order valence-electron chi connectivity index (χ4n) is 3.23. The van der Waals surface area contributed by atoms with Crippen molar-refractivity contribution in [3.05, 3.63) is 0 Å².